The van der Waals surface area contributed by atoms with Crippen LogP contribution in [0.25, 0.3) is 21.7 Å². The van der Waals surface area contributed by atoms with Crippen LogP contribution in [0.5, 0.6) is 0 Å². The van der Waals surface area contributed by atoms with Gasteiger partial charge in [-0.1, -0.05) is 0 Å². The van der Waals surface area contributed by atoms with Gasteiger partial charge in [0.25, 0.3) is 0 Å². The smallest absolute Gasteiger partial charge is 0.186 e. The van der Waals surface area contributed by atoms with Crippen LogP contribution in [0.3, 0.4) is 0 Å². The lowest BCUT2D eigenvalue weighted by Crippen LogP contribution is -1.88. The van der Waals surface area contributed by atoms with E-state index in [1.54, 1.807) is 0 Å². The fraction of sp³-hybridized carbons (Fsp3) is 0.0833. The summed E-state index contributed by atoms with van der Waals surface area (Å²) in [5.74, 6) is -1.39. The van der Waals surface area contributed by atoms with Crippen molar-refractivity contribution >= 4 is 28.1 Å². The number of thiophene rings is 1. The first-order valence-corrected chi connectivity index (χ1v) is 6.13. The van der Waals surface area contributed by atoms with Crippen molar-refractivity contribution in [1.29, 1.82) is 0 Å². The average molecular weight is 265 g/mol. The summed E-state index contributed by atoms with van der Waals surface area (Å²) in [6, 6.07) is 2.53. The monoisotopic (exact) mass is 265 g/mol. The van der Waals surface area contributed by atoms with Gasteiger partial charge in [-0.3, -0.25) is 0 Å². The van der Waals surface area contributed by atoms with E-state index < -0.39 is 11.6 Å². The number of nitrogens with zero attached hydrogens (tertiary/aromatic N) is 1. The second-order valence-corrected chi connectivity index (χ2v) is 4.88. The molecule has 0 aliphatic rings. The second-order valence-electron chi connectivity index (χ2n) is 4.00. The molecule has 2 heterocycles. The van der Waals surface area contributed by atoms with Crippen LogP contribution in [0.1, 0.15) is 5.56 Å². The zero-order valence-electron chi connectivity index (χ0n) is 9.42. The number of aryl methyl sites for hydroxylation is 1. The maximum absolute atomic E-state index is 13.5. The summed E-state index contributed by atoms with van der Waals surface area (Å²) in [6.45, 7) is 1.89. The molecule has 0 amide bonds. The molecule has 0 saturated heterocycles. The SMILES string of the molecule is Cc1csc(-c2nc3c(F)c(F)ccc3[nH]2)c1N. The van der Waals surface area contributed by atoms with E-state index in [0.29, 0.717) is 17.0 Å². The van der Waals surface area contributed by atoms with Gasteiger partial charge in [-0.25, -0.2) is 13.8 Å². The van der Waals surface area contributed by atoms with Crippen molar-refractivity contribution in [3.05, 3.63) is 34.7 Å². The summed E-state index contributed by atoms with van der Waals surface area (Å²) in [4.78, 5) is 7.76. The number of aromatic nitrogens is 2. The lowest BCUT2D eigenvalue weighted by Gasteiger charge is -1.94. The standard InChI is InChI=1S/C12H9F2N3S/c1-5-4-18-11(9(5)15)12-16-7-3-2-6(13)8(14)10(7)17-12/h2-4H,15H2,1H3,(H,16,17). The van der Waals surface area contributed by atoms with E-state index in [2.05, 4.69) is 9.97 Å². The molecule has 0 spiro atoms. The zero-order valence-corrected chi connectivity index (χ0v) is 10.2. The molecule has 1 aromatic carbocycles. The highest BCUT2D eigenvalue weighted by Crippen LogP contribution is 2.34. The van der Waals surface area contributed by atoms with Crippen molar-refractivity contribution in [3.63, 3.8) is 0 Å². The average Bonchev–Trinajstić information content (AvgIpc) is 2.90. The van der Waals surface area contributed by atoms with Gasteiger partial charge in [-0.05, 0) is 30.0 Å². The number of hydrogen-bond donors (Lipinski definition) is 2. The quantitative estimate of drug-likeness (QED) is 0.708. The van der Waals surface area contributed by atoms with Gasteiger partial charge in [0.05, 0.1) is 16.1 Å². The summed E-state index contributed by atoms with van der Waals surface area (Å²) >= 11 is 1.42. The highest BCUT2D eigenvalue weighted by molar-refractivity contribution is 7.14. The van der Waals surface area contributed by atoms with Gasteiger partial charge in [0, 0.05) is 0 Å². The number of nitrogens with one attached hydrogen (secondary N) is 1. The number of anilines is 1. The van der Waals surface area contributed by atoms with Crippen LogP contribution in [0, 0.1) is 18.6 Å². The molecule has 3 rings (SSSR count). The molecule has 0 aliphatic heterocycles. The molecule has 0 unspecified atom stereocenters. The van der Waals surface area contributed by atoms with Crippen LogP contribution < -0.4 is 5.73 Å². The van der Waals surface area contributed by atoms with Gasteiger partial charge in [-0.15, -0.1) is 11.3 Å². The molecule has 0 saturated carbocycles. The summed E-state index contributed by atoms with van der Waals surface area (Å²) in [6.07, 6.45) is 0. The first kappa shape index (κ1) is 11.2. The molecule has 0 aliphatic carbocycles. The molecular formula is C12H9F2N3S. The molecule has 0 atom stereocenters. The summed E-state index contributed by atoms with van der Waals surface area (Å²) in [5.41, 5.74) is 7.91. The Bertz CT molecular complexity index is 745. The van der Waals surface area contributed by atoms with E-state index >= 15 is 0 Å². The Hall–Kier alpha value is -1.95. The van der Waals surface area contributed by atoms with E-state index in [4.69, 9.17) is 5.73 Å². The Morgan fingerprint density at radius 3 is 2.78 bits per heavy atom. The van der Waals surface area contributed by atoms with E-state index in [1.807, 2.05) is 12.3 Å². The van der Waals surface area contributed by atoms with Crippen molar-refractivity contribution < 1.29 is 8.78 Å². The van der Waals surface area contributed by atoms with Crippen LogP contribution >= 0.6 is 11.3 Å². The Kier molecular flexibility index (Phi) is 2.34. The number of imidazole rings is 1. The third kappa shape index (κ3) is 1.49. The topological polar surface area (TPSA) is 54.7 Å². The van der Waals surface area contributed by atoms with Gasteiger partial charge in [0.2, 0.25) is 0 Å². The molecule has 3 aromatic rings. The van der Waals surface area contributed by atoms with Gasteiger partial charge in [-0.2, -0.15) is 0 Å². The second kappa shape index (κ2) is 3.78. The van der Waals surface area contributed by atoms with Crippen LogP contribution in [-0.4, -0.2) is 9.97 Å². The molecule has 0 fully saturated rings. The Labute approximate surface area is 105 Å². The summed E-state index contributed by atoms with van der Waals surface area (Å²) < 4.78 is 26.6. The van der Waals surface area contributed by atoms with E-state index in [1.165, 1.54) is 17.4 Å². The third-order valence-corrected chi connectivity index (χ3v) is 3.90. The molecular weight excluding hydrogens is 256 g/mol. The highest BCUT2D eigenvalue weighted by atomic mass is 32.1. The normalized spacial score (nSPS) is 11.3. The van der Waals surface area contributed by atoms with Crippen molar-refractivity contribution in [2.45, 2.75) is 6.92 Å². The zero-order chi connectivity index (χ0) is 12.9. The molecule has 0 radical (unpaired) electrons. The van der Waals surface area contributed by atoms with Crippen molar-refractivity contribution in [1.82, 2.24) is 9.97 Å². The maximum Gasteiger partial charge on any atom is 0.186 e. The predicted molar refractivity (Wildman–Crippen MR) is 68.5 cm³/mol. The van der Waals surface area contributed by atoms with E-state index in [9.17, 15) is 8.78 Å². The van der Waals surface area contributed by atoms with Crippen molar-refractivity contribution in [2.75, 3.05) is 5.73 Å². The number of fused-ring (bicyclic) bond motifs is 1. The molecule has 2 aromatic heterocycles. The first-order chi connectivity index (χ1) is 8.58. The number of nitrogen functional groups attached to an aromatic ring is 1. The lowest BCUT2D eigenvalue weighted by atomic mass is 10.3. The minimum atomic E-state index is -0.943. The fourth-order valence-electron chi connectivity index (χ4n) is 1.76. The molecule has 3 nitrogen and oxygen atoms in total. The Morgan fingerprint density at radius 2 is 2.11 bits per heavy atom. The van der Waals surface area contributed by atoms with E-state index in [-0.39, 0.29) is 5.52 Å². The van der Waals surface area contributed by atoms with Crippen LogP contribution in [0.4, 0.5) is 14.5 Å². The Balaban J connectivity index is 2.26. The van der Waals surface area contributed by atoms with Crippen LogP contribution in [0.2, 0.25) is 0 Å². The maximum atomic E-state index is 13.5. The highest BCUT2D eigenvalue weighted by Gasteiger charge is 2.15. The number of rotatable bonds is 1. The number of H-pyrrole nitrogens is 1. The van der Waals surface area contributed by atoms with Gasteiger partial charge in [0.15, 0.2) is 17.5 Å². The molecule has 92 valence electrons. The molecule has 0 bridgehead atoms. The van der Waals surface area contributed by atoms with Crippen LogP contribution in [0.15, 0.2) is 17.5 Å². The fourth-order valence-corrected chi connectivity index (χ4v) is 2.68. The molecule has 18 heavy (non-hydrogen) atoms. The van der Waals surface area contributed by atoms with Crippen molar-refractivity contribution in [2.24, 2.45) is 0 Å². The van der Waals surface area contributed by atoms with E-state index in [0.717, 1.165) is 16.5 Å². The number of hydrogen-bond acceptors (Lipinski definition) is 3. The minimum absolute atomic E-state index is 0.00421. The summed E-state index contributed by atoms with van der Waals surface area (Å²) in [7, 11) is 0. The molecule has 3 N–H and O–H groups in total. The number of nitrogens with two attached hydrogens (primary N) is 1. The lowest BCUT2D eigenvalue weighted by molar-refractivity contribution is 0.515. The van der Waals surface area contributed by atoms with Gasteiger partial charge in [0.1, 0.15) is 5.52 Å². The van der Waals surface area contributed by atoms with Gasteiger partial charge >= 0.3 is 0 Å². The third-order valence-electron chi connectivity index (χ3n) is 2.78. The molecule has 6 heteroatoms. The number of benzene rings is 1. The number of halogens is 2. The largest absolute Gasteiger partial charge is 0.397 e. The minimum Gasteiger partial charge on any atom is -0.397 e. The Morgan fingerprint density at radius 1 is 1.33 bits per heavy atom. The van der Waals surface area contributed by atoms with Crippen LogP contribution in [-0.2, 0) is 0 Å². The predicted octanol–water partition coefficient (Wildman–Crippen LogP) is 3.46. The summed E-state index contributed by atoms with van der Waals surface area (Å²) in [5, 5.41) is 1.90. The van der Waals surface area contributed by atoms with Crippen molar-refractivity contribution in [3.8, 4) is 10.7 Å². The van der Waals surface area contributed by atoms with Gasteiger partial charge < -0.3 is 10.7 Å². The number of aromatic amines is 1. The first-order valence-electron chi connectivity index (χ1n) is 5.25.